The van der Waals surface area contributed by atoms with Gasteiger partial charge in [-0.3, -0.25) is 4.79 Å². The average molecular weight is 259 g/mol. The van der Waals surface area contributed by atoms with Gasteiger partial charge in [0.2, 0.25) is 5.91 Å². The van der Waals surface area contributed by atoms with Crippen LogP contribution in [0.1, 0.15) is 31.4 Å². The molecule has 0 bridgehead atoms. The van der Waals surface area contributed by atoms with Crippen LogP contribution < -0.4 is 5.32 Å². The third-order valence-electron chi connectivity index (χ3n) is 3.24. The average Bonchev–Trinajstić information content (AvgIpc) is 2.35. The van der Waals surface area contributed by atoms with Crippen LogP contribution in [-0.4, -0.2) is 17.0 Å². The van der Waals surface area contributed by atoms with Gasteiger partial charge in [0.05, 0.1) is 0 Å². The molecule has 0 saturated heterocycles. The molecule has 0 aliphatic carbocycles. The Bertz CT molecular complexity index is 559. The lowest BCUT2D eigenvalue weighted by molar-refractivity contribution is -0.131. The second-order valence-electron chi connectivity index (χ2n) is 5.01. The first-order valence-electron chi connectivity index (χ1n) is 6.35. The largest absolute Gasteiger partial charge is 0.478 e. The number of aryl methyl sites for hydroxylation is 1. The van der Waals surface area contributed by atoms with Crippen molar-refractivity contribution in [3.05, 3.63) is 35.4 Å². The van der Waals surface area contributed by atoms with Gasteiger partial charge in [0.25, 0.3) is 0 Å². The second-order valence-corrected chi connectivity index (χ2v) is 5.01. The smallest absolute Gasteiger partial charge is 0.328 e. The minimum Gasteiger partial charge on any atom is -0.478 e. The van der Waals surface area contributed by atoms with Crippen molar-refractivity contribution < 1.29 is 14.7 Å². The van der Waals surface area contributed by atoms with Gasteiger partial charge < -0.3 is 10.4 Å². The molecule has 2 rings (SSSR count). The molecule has 1 heterocycles. The summed E-state index contributed by atoms with van der Waals surface area (Å²) in [6.07, 6.45) is 2.44. The molecule has 1 aliphatic rings. The van der Waals surface area contributed by atoms with E-state index in [-0.39, 0.29) is 11.8 Å². The second kappa shape index (κ2) is 5.26. The van der Waals surface area contributed by atoms with Crippen molar-refractivity contribution in [2.75, 3.05) is 5.32 Å². The third-order valence-corrected chi connectivity index (χ3v) is 3.24. The number of carbonyl (C=O) groups is 2. The quantitative estimate of drug-likeness (QED) is 0.820. The van der Waals surface area contributed by atoms with Gasteiger partial charge in [-0.2, -0.15) is 0 Å². The van der Waals surface area contributed by atoms with Crippen LogP contribution in [0.2, 0.25) is 0 Å². The van der Waals surface area contributed by atoms with E-state index in [1.54, 1.807) is 0 Å². The number of rotatable bonds is 3. The molecule has 1 aromatic rings. The van der Waals surface area contributed by atoms with Crippen molar-refractivity contribution in [3.8, 4) is 0 Å². The van der Waals surface area contributed by atoms with Crippen molar-refractivity contribution in [2.45, 2.75) is 26.7 Å². The molecule has 0 radical (unpaired) electrons. The summed E-state index contributed by atoms with van der Waals surface area (Å²) in [6, 6.07) is 5.68. The summed E-state index contributed by atoms with van der Waals surface area (Å²) in [5.41, 5.74) is 3.60. The lowest BCUT2D eigenvalue weighted by Crippen LogP contribution is -2.19. The zero-order chi connectivity index (χ0) is 14.0. The Kier molecular flexibility index (Phi) is 3.69. The van der Waals surface area contributed by atoms with E-state index >= 15 is 0 Å². The summed E-state index contributed by atoms with van der Waals surface area (Å²) in [5.74, 6) is -0.771. The molecular weight excluding hydrogens is 242 g/mol. The van der Waals surface area contributed by atoms with Gasteiger partial charge in [-0.05, 0) is 41.2 Å². The van der Waals surface area contributed by atoms with E-state index in [0.717, 1.165) is 22.4 Å². The van der Waals surface area contributed by atoms with Crippen LogP contribution in [0.4, 0.5) is 5.69 Å². The number of benzene rings is 1. The molecule has 100 valence electrons. The van der Waals surface area contributed by atoms with Gasteiger partial charge in [0.1, 0.15) is 0 Å². The summed E-state index contributed by atoms with van der Waals surface area (Å²) in [6.45, 7) is 3.94. The Hall–Kier alpha value is -2.10. The monoisotopic (exact) mass is 259 g/mol. The zero-order valence-electron chi connectivity index (χ0n) is 11.1. The topological polar surface area (TPSA) is 66.4 Å². The minimum atomic E-state index is -0.935. The number of fused-ring (bicyclic) bond motifs is 1. The van der Waals surface area contributed by atoms with E-state index in [0.29, 0.717) is 12.8 Å². The fraction of sp³-hybridized carbons (Fsp3) is 0.333. The summed E-state index contributed by atoms with van der Waals surface area (Å²) < 4.78 is 0. The molecule has 4 nitrogen and oxygen atoms in total. The Morgan fingerprint density at radius 1 is 1.37 bits per heavy atom. The molecule has 1 amide bonds. The first-order chi connectivity index (χ1) is 8.97. The molecule has 0 aromatic heterocycles. The highest BCUT2D eigenvalue weighted by Crippen LogP contribution is 2.29. The lowest BCUT2D eigenvalue weighted by atomic mass is 9.91. The van der Waals surface area contributed by atoms with Crippen LogP contribution >= 0.6 is 0 Å². The number of carboxylic acids is 1. The molecule has 2 N–H and O–H groups in total. The number of hydrogen-bond donors (Lipinski definition) is 2. The molecule has 0 saturated carbocycles. The number of nitrogens with one attached hydrogen (secondary N) is 1. The molecule has 4 heteroatoms. The molecular formula is C15H17NO3. The maximum Gasteiger partial charge on any atom is 0.328 e. The normalized spacial score (nSPS) is 15.1. The van der Waals surface area contributed by atoms with Crippen molar-refractivity contribution in [3.63, 3.8) is 0 Å². The Balaban J connectivity index is 2.40. The van der Waals surface area contributed by atoms with Crippen LogP contribution in [0.15, 0.2) is 24.3 Å². The highest BCUT2D eigenvalue weighted by atomic mass is 16.4. The molecule has 1 aliphatic heterocycles. The highest BCUT2D eigenvalue weighted by molar-refractivity contribution is 5.95. The summed E-state index contributed by atoms with van der Waals surface area (Å²) in [5, 5.41) is 11.8. The fourth-order valence-electron chi connectivity index (χ4n) is 2.28. The number of aliphatic carboxylic acids is 1. The van der Waals surface area contributed by atoms with Crippen LogP contribution in [-0.2, 0) is 16.0 Å². The van der Waals surface area contributed by atoms with Gasteiger partial charge in [-0.1, -0.05) is 19.9 Å². The standard InChI is InChI=1S/C15H17NO3/c1-9(2)12(8-15(18)19)10-3-5-13-11(7-10)4-6-14(17)16-13/h3,5,7-9H,4,6H2,1-2H3,(H,16,17)(H,18,19)/b12-8+. The van der Waals surface area contributed by atoms with Crippen molar-refractivity contribution in [2.24, 2.45) is 5.92 Å². The predicted octanol–water partition coefficient (Wildman–Crippen LogP) is 2.70. The van der Waals surface area contributed by atoms with Crippen LogP contribution in [0.25, 0.3) is 5.57 Å². The highest BCUT2D eigenvalue weighted by Gasteiger charge is 2.16. The zero-order valence-corrected chi connectivity index (χ0v) is 11.1. The van der Waals surface area contributed by atoms with Crippen molar-refractivity contribution in [1.29, 1.82) is 0 Å². The third kappa shape index (κ3) is 3.02. The molecule has 0 fully saturated rings. The van der Waals surface area contributed by atoms with Gasteiger partial charge in [0, 0.05) is 18.2 Å². The van der Waals surface area contributed by atoms with Gasteiger partial charge in [0.15, 0.2) is 0 Å². The number of amides is 1. The molecule has 0 unspecified atom stereocenters. The van der Waals surface area contributed by atoms with Gasteiger partial charge >= 0.3 is 5.97 Å². The Labute approximate surface area is 112 Å². The lowest BCUT2D eigenvalue weighted by Gasteiger charge is -2.19. The van der Waals surface area contributed by atoms with E-state index in [2.05, 4.69) is 5.32 Å². The Morgan fingerprint density at radius 2 is 2.11 bits per heavy atom. The van der Waals surface area contributed by atoms with E-state index in [1.807, 2.05) is 32.0 Å². The summed E-state index contributed by atoms with van der Waals surface area (Å²) in [4.78, 5) is 22.2. The first kappa shape index (κ1) is 13.3. The van der Waals surface area contributed by atoms with Crippen LogP contribution in [0.3, 0.4) is 0 Å². The summed E-state index contributed by atoms with van der Waals surface area (Å²) in [7, 11) is 0. The minimum absolute atomic E-state index is 0.0328. The number of allylic oxidation sites excluding steroid dienone is 1. The summed E-state index contributed by atoms with van der Waals surface area (Å²) >= 11 is 0. The van der Waals surface area contributed by atoms with Crippen LogP contribution in [0.5, 0.6) is 0 Å². The number of carbonyl (C=O) groups excluding carboxylic acids is 1. The Morgan fingerprint density at radius 3 is 2.74 bits per heavy atom. The predicted molar refractivity (Wildman–Crippen MR) is 73.8 cm³/mol. The number of carboxylic acid groups (broad SMARTS) is 1. The van der Waals surface area contributed by atoms with E-state index in [1.165, 1.54) is 6.08 Å². The SMILES string of the molecule is CC(C)/C(=C\C(=O)O)c1ccc2c(c1)CCC(=O)N2. The van der Waals surface area contributed by atoms with E-state index in [9.17, 15) is 9.59 Å². The van der Waals surface area contributed by atoms with Crippen molar-refractivity contribution >= 4 is 23.1 Å². The maximum absolute atomic E-state index is 11.3. The maximum atomic E-state index is 11.3. The van der Waals surface area contributed by atoms with E-state index in [4.69, 9.17) is 5.11 Å². The van der Waals surface area contributed by atoms with Crippen LogP contribution in [0, 0.1) is 5.92 Å². The molecule has 1 aromatic carbocycles. The van der Waals surface area contributed by atoms with Gasteiger partial charge in [-0.15, -0.1) is 0 Å². The van der Waals surface area contributed by atoms with Gasteiger partial charge in [-0.25, -0.2) is 4.79 Å². The fourth-order valence-corrected chi connectivity index (χ4v) is 2.28. The number of anilines is 1. The molecule has 0 atom stereocenters. The number of hydrogen-bond acceptors (Lipinski definition) is 2. The van der Waals surface area contributed by atoms with Crippen molar-refractivity contribution in [1.82, 2.24) is 0 Å². The molecule has 19 heavy (non-hydrogen) atoms. The van der Waals surface area contributed by atoms with E-state index < -0.39 is 5.97 Å². The molecule has 0 spiro atoms. The first-order valence-corrected chi connectivity index (χ1v) is 6.35.